The van der Waals surface area contributed by atoms with Crippen LogP contribution in [0.15, 0.2) is 41.3 Å². The summed E-state index contributed by atoms with van der Waals surface area (Å²) in [6.07, 6.45) is 2.86. The Labute approximate surface area is 112 Å². The number of hydrogen-bond acceptors (Lipinski definition) is 3. The number of amides is 1. The summed E-state index contributed by atoms with van der Waals surface area (Å²) in [5.41, 5.74) is 2.66. The molecule has 0 aliphatic rings. The van der Waals surface area contributed by atoms with E-state index in [9.17, 15) is 4.79 Å². The molecule has 2 aromatic rings. The van der Waals surface area contributed by atoms with Crippen molar-refractivity contribution in [2.45, 2.75) is 32.7 Å². The van der Waals surface area contributed by atoms with Gasteiger partial charge in [0.25, 0.3) is 5.91 Å². The van der Waals surface area contributed by atoms with Gasteiger partial charge in [-0.2, -0.15) is 0 Å². The Morgan fingerprint density at radius 1 is 1.26 bits per heavy atom. The fraction of sp³-hybridized carbons (Fsp3) is 0.333. The van der Waals surface area contributed by atoms with Gasteiger partial charge in [0, 0.05) is 5.56 Å². The highest BCUT2D eigenvalue weighted by molar-refractivity contribution is 5.94. The minimum absolute atomic E-state index is 0.0930. The van der Waals surface area contributed by atoms with Crippen molar-refractivity contribution in [3.05, 3.63) is 53.7 Å². The molecule has 0 aliphatic heterocycles. The highest BCUT2D eigenvalue weighted by Gasteiger charge is 2.14. The molecule has 0 bridgehead atoms. The van der Waals surface area contributed by atoms with Crippen LogP contribution in [0.5, 0.6) is 0 Å². The van der Waals surface area contributed by atoms with Crippen LogP contribution in [0, 0.1) is 0 Å². The Balaban J connectivity index is 2.00. The molecule has 19 heavy (non-hydrogen) atoms. The molecular weight excluding hydrogens is 240 g/mol. The zero-order valence-corrected chi connectivity index (χ0v) is 11.4. The number of carbonyl (C=O) groups is 1. The average Bonchev–Trinajstić information content (AvgIpc) is 2.88. The third-order valence-corrected chi connectivity index (χ3v) is 2.93. The highest BCUT2D eigenvalue weighted by Crippen LogP contribution is 2.22. The fourth-order valence-electron chi connectivity index (χ4n) is 1.72. The second kappa shape index (κ2) is 5.26. The monoisotopic (exact) mass is 258 g/mol. The Bertz CT molecular complexity index is 537. The number of aromatic nitrogens is 1. The molecule has 0 spiro atoms. The number of rotatable bonds is 3. The van der Waals surface area contributed by atoms with Crippen LogP contribution in [0.1, 0.15) is 42.4 Å². The van der Waals surface area contributed by atoms with Crippen LogP contribution in [-0.4, -0.2) is 10.9 Å². The Kier molecular flexibility index (Phi) is 3.69. The molecular formula is C15H18N2O2. The molecule has 1 aromatic carbocycles. The summed E-state index contributed by atoms with van der Waals surface area (Å²) in [4.78, 5) is 15.9. The number of oxazole rings is 1. The maximum absolute atomic E-state index is 11.9. The molecule has 0 saturated heterocycles. The maximum Gasteiger partial charge on any atom is 0.251 e. The van der Waals surface area contributed by atoms with Gasteiger partial charge in [-0.15, -0.1) is 0 Å². The third kappa shape index (κ3) is 3.44. The van der Waals surface area contributed by atoms with Crippen LogP contribution < -0.4 is 5.32 Å². The van der Waals surface area contributed by atoms with E-state index in [0.29, 0.717) is 17.8 Å². The molecule has 1 amide bonds. The van der Waals surface area contributed by atoms with Crippen molar-refractivity contribution in [3.8, 4) is 0 Å². The second-order valence-electron chi connectivity index (χ2n) is 5.49. The van der Waals surface area contributed by atoms with Gasteiger partial charge in [0.15, 0.2) is 6.39 Å². The summed E-state index contributed by atoms with van der Waals surface area (Å²) < 4.78 is 4.84. The first-order valence-corrected chi connectivity index (χ1v) is 6.22. The molecule has 0 fully saturated rings. The number of nitrogens with zero attached hydrogens (tertiary/aromatic N) is 1. The lowest BCUT2D eigenvalue weighted by Crippen LogP contribution is -2.23. The van der Waals surface area contributed by atoms with Gasteiger partial charge in [0.1, 0.15) is 6.26 Å². The molecule has 1 heterocycles. The third-order valence-electron chi connectivity index (χ3n) is 2.93. The summed E-state index contributed by atoms with van der Waals surface area (Å²) >= 11 is 0. The maximum atomic E-state index is 11.9. The van der Waals surface area contributed by atoms with E-state index in [-0.39, 0.29) is 11.3 Å². The normalized spacial score (nSPS) is 11.3. The van der Waals surface area contributed by atoms with Crippen LogP contribution in [0.25, 0.3) is 0 Å². The molecule has 1 N–H and O–H groups in total. The molecule has 4 heteroatoms. The van der Waals surface area contributed by atoms with Crippen LogP contribution >= 0.6 is 0 Å². The summed E-state index contributed by atoms with van der Waals surface area (Å²) in [5.74, 6) is -0.108. The molecule has 0 atom stereocenters. The summed E-state index contributed by atoms with van der Waals surface area (Å²) in [7, 11) is 0. The number of carbonyl (C=O) groups excluding carboxylic acids is 1. The standard InChI is InChI=1S/C15H18N2O2/c1-15(2,3)12-6-4-11(5-7-12)14(18)16-8-13-9-19-10-17-13/h4-7,9-10H,8H2,1-3H3,(H,16,18). The van der Waals surface area contributed by atoms with Gasteiger partial charge in [-0.25, -0.2) is 4.98 Å². The van der Waals surface area contributed by atoms with E-state index in [1.807, 2.05) is 24.3 Å². The van der Waals surface area contributed by atoms with E-state index >= 15 is 0 Å². The lowest BCUT2D eigenvalue weighted by Gasteiger charge is -2.19. The van der Waals surface area contributed by atoms with Crippen molar-refractivity contribution in [1.29, 1.82) is 0 Å². The van der Waals surface area contributed by atoms with E-state index < -0.39 is 0 Å². The lowest BCUT2D eigenvalue weighted by atomic mass is 9.87. The highest BCUT2D eigenvalue weighted by atomic mass is 16.3. The zero-order chi connectivity index (χ0) is 13.9. The van der Waals surface area contributed by atoms with E-state index in [2.05, 4.69) is 31.1 Å². The SMILES string of the molecule is CC(C)(C)c1ccc(C(=O)NCc2cocn2)cc1. The molecule has 0 unspecified atom stereocenters. The van der Waals surface area contributed by atoms with Gasteiger partial charge < -0.3 is 9.73 Å². The zero-order valence-electron chi connectivity index (χ0n) is 11.4. The first-order valence-electron chi connectivity index (χ1n) is 6.22. The molecule has 4 nitrogen and oxygen atoms in total. The minimum Gasteiger partial charge on any atom is -0.451 e. The number of nitrogens with one attached hydrogen (secondary N) is 1. The van der Waals surface area contributed by atoms with Gasteiger partial charge in [-0.1, -0.05) is 32.9 Å². The van der Waals surface area contributed by atoms with Crippen molar-refractivity contribution in [3.63, 3.8) is 0 Å². The minimum atomic E-state index is -0.108. The molecule has 0 radical (unpaired) electrons. The van der Waals surface area contributed by atoms with E-state index in [4.69, 9.17) is 4.42 Å². The van der Waals surface area contributed by atoms with E-state index in [1.165, 1.54) is 18.2 Å². The van der Waals surface area contributed by atoms with E-state index in [1.54, 1.807) is 0 Å². The smallest absolute Gasteiger partial charge is 0.251 e. The summed E-state index contributed by atoms with van der Waals surface area (Å²) in [6.45, 7) is 6.81. The second-order valence-corrected chi connectivity index (χ2v) is 5.49. The average molecular weight is 258 g/mol. The van der Waals surface area contributed by atoms with Gasteiger partial charge in [-0.05, 0) is 23.1 Å². The summed E-state index contributed by atoms with van der Waals surface area (Å²) in [5, 5.41) is 2.80. The molecule has 0 saturated carbocycles. The summed E-state index contributed by atoms with van der Waals surface area (Å²) in [6, 6.07) is 7.67. The molecule has 100 valence electrons. The molecule has 0 aliphatic carbocycles. The largest absolute Gasteiger partial charge is 0.451 e. The first kappa shape index (κ1) is 13.3. The van der Waals surface area contributed by atoms with Crippen molar-refractivity contribution in [2.24, 2.45) is 0 Å². The van der Waals surface area contributed by atoms with Crippen LogP contribution in [0.3, 0.4) is 0 Å². The van der Waals surface area contributed by atoms with Gasteiger partial charge in [-0.3, -0.25) is 4.79 Å². The van der Waals surface area contributed by atoms with Crippen molar-refractivity contribution in [1.82, 2.24) is 10.3 Å². The Morgan fingerprint density at radius 3 is 2.47 bits per heavy atom. The molecule has 1 aromatic heterocycles. The van der Waals surface area contributed by atoms with E-state index in [0.717, 1.165) is 0 Å². The van der Waals surface area contributed by atoms with Crippen molar-refractivity contribution >= 4 is 5.91 Å². The predicted molar refractivity (Wildman–Crippen MR) is 72.8 cm³/mol. The van der Waals surface area contributed by atoms with Crippen LogP contribution in [0.4, 0.5) is 0 Å². The predicted octanol–water partition coefficient (Wildman–Crippen LogP) is 2.90. The van der Waals surface area contributed by atoms with Gasteiger partial charge >= 0.3 is 0 Å². The first-order chi connectivity index (χ1) is 8.97. The lowest BCUT2D eigenvalue weighted by molar-refractivity contribution is 0.0950. The number of benzene rings is 1. The van der Waals surface area contributed by atoms with Crippen molar-refractivity contribution in [2.75, 3.05) is 0 Å². The molecule has 2 rings (SSSR count). The topological polar surface area (TPSA) is 55.1 Å². The van der Waals surface area contributed by atoms with Gasteiger partial charge in [0.2, 0.25) is 0 Å². The van der Waals surface area contributed by atoms with Crippen LogP contribution in [-0.2, 0) is 12.0 Å². The Morgan fingerprint density at radius 2 is 1.95 bits per heavy atom. The van der Waals surface area contributed by atoms with Crippen molar-refractivity contribution < 1.29 is 9.21 Å². The van der Waals surface area contributed by atoms with Crippen LogP contribution in [0.2, 0.25) is 0 Å². The van der Waals surface area contributed by atoms with Gasteiger partial charge in [0.05, 0.1) is 12.2 Å². The number of hydrogen-bond donors (Lipinski definition) is 1. The Hall–Kier alpha value is -2.10. The fourth-order valence-corrected chi connectivity index (χ4v) is 1.72. The quantitative estimate of drug-likeness (QED) is 0.921.